The van der Waals surface area contributed by atoms with Gasteiger partial charge in [0.2, 0.25) is 0 Å². The Hall–Kier alpha value is -1.88. The summed E-state index contributed by atoms with van der Waals surface area (Å²) in [6.07, 6.45) is 1.35. The summed E-state index contributed by atoms with van der Waals surface area (Å²) in [6.45, 7) is 0.525. The summed E-state index contributed by atoms with van der Waals surface area (Å²) in [7, 11) is 0. The number of rotatable bonds is 3. The first-order valence-corrected chi connectivity index (χ1v) is 4.14. The molecule has 0 amide bonds. The predicted molar refractivity (Wildman–Crippen MR) is 48.8 cm³/mol. The molecule has 0 saturated heterocycles. The lowest BCUT2D eigenvalue weighted by molar-refractivity contribution is -0.144. The van der Waals surface area contributed by atoms with Crippen LogP contribution in [0.5, 0.6) is 5.88 Å². The summed E-state index contributed by atoms with van der Waals surface area (Å²) >= 11 is 0. The fourth-order valence-corrected chi connectivity index (χ4v) is 1.18. The summed E-state index contributed by atoms with van der Waals surface area (Å²) in [6, 6.07) is 9.73. The van der Waals surface area contributed by atoms with E-state index in [-0.39, 0.29) is 5.88 Å². The van der Waals surface area contributed by atoms with Crippen LogP contribution in [0.15, 0.2) is 36.5 Å². The molecule has 2 aromatic rings. The Morgan fingerprint density at radius 3 is 2.79 bits per heavy atom. The predicted octanol–water partition coefficient (Wildman–Crippen LogP) is 1.18. The number of hydrogen-bond acceptors (Lipinski definition) is 4. The molecule has 1 aromatic carbocycles. The van der Waals surface area contributed by atoms with E-state index in [0.29, 0.717) is 6.54 Å². The first-order valence-electron chi connectivity index (χ1n) is 4.14. The monoisotopic (exact) mass is 191 g/mol. The van der Waals surface area contributed by atoms with Gasteiger partial charge < -0.3 is 4.89 Å². The lowest BCUT2D eigenvalue weighted by Gasteiger charge is -2.02. The van der Waals surface area contributed by atoms with Crippen LogP contribution in [0.3, 0.4) is 0 Å². The highest BCUT2D eigenvalue weighted by Crippen LogP contribution is 2.09. The maximum Gasteiger partial charge on any atom is 0.274 e. The van der Waals surface area contributed by atoms with Crippen molar-refractivity contribution in [2.45, 2.75) is 6.54 Å². The quantitative estimate of drug-likeness (QED) is 0.584. The second-order valence-electron chi connectivity index (χ2n) is 2.81. The first kappa shape index (κ1) is 8.71. The molecule has 0 unspecified atom stereocenters. The molecule has 0 aliphatic carbocycles. The molecule has 0 bridgehead atoms. The SMILES string of the molecule is OOc1cnnn1Cc1ccccc1. The minimum Gasteiger partial charge on any atom is -0.318 e. The Labute approximate surface area is 80.5 Å². The maximum absolute atomic E-state index is 8.48. The van der Waals surface area contributed by atoms with Gasteiger partial charge >= 0.3 is 0 Å². The molecule has 72 valence electrons. The van der Waals surface area contributed by atoms with Crippen molar-refractivity contribution in [3.05, 3.63) is 42.1 Å². The fourth-order valence-electron chi connectivity index (χ4n) is 1.18. The highest BCUT2D eigenvalue weighted by molar-refractivity contribution is 5.16. The largest absolute Gasteiger partial charge is 0.318 e. The van der Waals surface area contributed by atoms with Gasteiger partial charge in [0.25, 0.3) is 5.88 Å². The number of benzene rings is 1. The van der Waals surface area contributed by atoms with Crippen molar-refractivity contribution in [3.63, 3.8) is 0 Å². The van der Waals surface area contributed by atoms with Gasteiger partial charge in [-0.25, -0.2) is 9.94 Å². The molecule has 5 nitrogen and oxygen atoms in total. The van der Waals surface area contributed by atoms with E-state index in [2.05, 4.69) is 15.2 Å². The zero-order valence-electron chi connectivity index (χ0n) is 7.37. The van der Waals surface area contributed by atoms with Crippen LogP contribution in [0.25, 0.3) is 0 Å². The molecule has 1 aromatic heterocycles. The van der Waals surface area contributed by atoms with Crippen LogP contribution in [0.1, 0.15) is 5.56 Å². The lowest BCUT2D eigenvalue weighted by Crippen LogP contribution is -2.04. The third kappa shape index (κ3) is 1.72. The molecule has 14 heavy (non-hydrogen) atoms. The van der Waals surface area contributed by atoms with E-state index in [1.54, 1.807) is 0 Å². The smallest absolute Gasteiger partial charge is 0.274 e. The van der Waals surface area contributed by atoms with Crippen LogP contribution in [-0.4, -0.2) is 20.3 Å². The van der Waals surface area contributed by atoms with Crippen LogP contribution >= 0.6 is 0 Å². The van der Waals surface area contributed by atoms with Gasteiger partial charge in [-0.05, 0) is 5.56 Å². The van der Waals surface area contributed by atoms with E-state index in [1.165, 1.54) is 10.9 Å². The Morgan fingerprint density at radius 1 is 1.29 bits per heavy atom. The maximum atomic E-state index is 8.48. The van der Waals surface area contributed by atoms with Crippen LogP contribution in [0, 0.1) is 0 Å². The number of nitrogens with zero attached hydrogens (tertiary/aromatic N) is 3. The van der Waals surface area contributed by atoms with Crippen molar-refractivity contribution in [3.8, 4) is 5.88 Å². The molecule has 1 N–H and O–H groups in total. The third-order valence-electron chi connectivity index (χ3n) is 1.85. The van der Waals surface area contributed by atoms with E-state index >= 15 is 0 Å². The summed E-state index contributed by atoms with van der Waals surface area (Å²) in [5, 5.41) is 15.9. The van der Waals surface area contributed by atoms with Gasteiger partial charge in [-0.15, -0.1) is 5.10 Å². The molecule has 0 aliphatic heterocycles. The van der Waals surface area contributed by atoms with Gasteiger partial charge in [0.15, 0.2) is 0 Å². The van der Waals surface area contributed by atoms with Crippen molar-refractivity contribution in [1.82, 2.24) is 15.0 Å². The van der Waals surface area contributed by atoms with E-state index < -0.39 is 0 Å². The van der Waals surface area contributed by atoms with Crippen molar-refractivity contribution < 1.29 is 10.1 Å². The number of aromatic nitrogens is 3. The van der Waals surface area contributed by atoms with E-state index in [1.807, 2.05) is 30.3 Å². The summed E-state index contributed by atoms with van der Waals surface area (Å²) in [4.78, 5) is 4.10. The van der Waals surface area contributed by atoms with Gasteiger partial charge in [-0.3, -0.25) is 0 Å². The summed E-state index contributed by atoms with van der Waals surface area (Å²) in [5.74, 6) is 0.230. The normalized spacial score (nSPS) is 10.1. The van der Waals surface area contributed by atoms with Crippen molar-refractivity contribution in [2.75, 3.05) is 0 Å². The topological polar surface area (TPSA) is 60.2 Å². The van der Waals surface area contributed by atoms with Crippen LogP contribution in [0.4, 0.5) is 0 Å². The van der Waals surface area contributed by atoms with E-state index in [4.69, 9.17) is 5.26 Å². The Kier molecular flexibility index (Phi) is 2.42. The van der Waals surface area contributed by atoms with Crippen molar-refractivity contribution >= 4 is 0 Å². The summed E-state index contributed by atoms with van der Waals surface area (Å²) < 4.78 is 1.47. The molecule has 0 atom stereocenters. The molecule has 1 heterocycles. The molecule has 0 aliphatic rings. The van der Waals surface area contributed by atoms with Crippen LogP contribution in [0.2, 0.25) is 0 Å². The van der Waals surface area contributed by atoms with E-state index in [9.17, 15) is 0 Å². The minimum absolute atomic E-state index is 0.230. The molecule has 0 radical (unpaired) electrons. The molecular weight excluding hydrogens is 182 g/mol. The lowest BCUT2D eigenvalue weighted by atomic mass is 10.2. The molecule has 0 spiro atoms. The van der Waals surface area contributed by atoms with Gasteiger partial charge in [0.1, 0.15) is 6.20 Å². The Bertz CT molecular complexity index is 399. The van der Waals surface area contributed by atoms with Gasteiger partial charge in [0, 0.05) is 0 Å². The first-order chi connectivity index (χ1) is 6.90. The zero-order valence-corrected chi connectivity index (χ0v) is 7.37. The molecule has 0 saturated carbocycles. The summed E-state index contributed by atoms with van der Waals surface area (Å²) in [5.41, 5.74) is 1.07. The average Bonchev–Trinajstić information content (AvgIpc) is 2.67. The Morgan fingerprint density at radius 2 is 2.07 bits per heavy atom. The highest BCUT2D eigenvalue weighted by Gasteiger charge is 2.04. The highest BCUT2D eigenvalue weighted by atomic mass is 17.1. The molecule has 5 heteroatoms. The average molecular weight is 191 g/mol. The van der Waals surface area contributed by atoms with Gasteiger partial charge in [-0.1, -0.05) is 35.5 Å². The Balaban J connectivity index is 2.19. The van der Waals surface area contributed by atoms with E-state index in [0.717, 1.165) is 5.56 Å². The van der Waals surface area contributed by atoms with Crippen molar-refractivity contribution in [1.29, 1.82) is 0 Å². The fraction of sp³-hybridized carbons (Fsp3) is 0.111. The minimum atomic E-state index is 0.230. The van der Waals surface area contributed by atoms with Gasteiger partial charge in [0.05, 0.1) is 6.54 Å². The number of hydrogen-bond donors (Lipinski definition) is 1. The molecule has 2 rings (SSSR count). The van der Waals surface area contributed by atoms with Crippen LogP contribution < -0.4 is 4.89 Å². The standard InChI is InChI=1S/C9H9N3O2/c13-14-9-6-10-11-12(9)7-8-4-2-1-3-5-8/h1-6,13H,7H2. The molecular formula is C9H9N3O2. The zero-order chi connectivity index (χ0) is 9.80. The third-order valence-corrected chi connectivity index (χ3v) is 1.85. The molecule has 0 fully saturated rings. The van der Waals surface area contributed by atoms with Gasteiger partial charge in [-0.2, -0.15) is 0 Å². The van der Waals surface area contributed by atoms with Crippen molar-refractivity contribution in [2.24, 2.45) is 0 Å². The second kappa shape index (κ2) is 3.89. The second-order valence-corrected chi connectivity index (χ2v) is 2.81. The van der Waals surface area contributed by atoms with Crippen LogP contribution in [-0.2, 0) is 6.54 Å².